The maximum atomic E-state index is 11.5. The Bertz CT molecular complexity index is 414. The zero-order chi connectivity index (χ0) is 13.7. The third-order valence-corrected chi connectivity index (χ3v) is 2.47. The van der Waals surface area contributed by atoms with E-state index in [1.54, 1.807) is 0 Å². The Hall–Kier alpha value is -1.55. The Morgan fingerprint density at radius 2 is 2.06 bits per heavy atom. The van der Waals surface area contributed by atoms with E-state index in [1.807, 2.05) is 45.9 Å². The number of carbonyl (C=O) groups excluding carboxylic acids is 1. The first-order valence-corrected chi connectivity index (χ1v) is 6.18. The summed E-state index contributed by atoms with van der Waals surface area (Å²) in [5.41, 5.74) is 7.87. The van der Waals surface area contributed by atoms with Crippen LogP contribution in [-0.4, -0.2) is 18.6 Å². The van der Waals surface area contributed by atoms with E-state index in [0.717, 1.165) is 11.1 Å². The number of carbonyl (C=O) groups is 1. The highest BCUT2D eigenvalue weighted by Gasteiger charge is 2.10. The molecular formula is C14H22N2O2. The van der Waals surface area contributed by atoms with Crippen LogP contribution in [0.1, 0.15) is 37.9 Å². The molecule has 4 nitrogen and oxygen atoms in total. The minimum atomic E-state index is -0.123. The molecule has 1 amide bonds. The molecule has 0 aromatic heterocycles. The minimum absolute atomic E-state index is 0.0152. The van der Waals surface area contributed by atoms with Gasteiger partial charge in [-0.1, -0.05) is 12.1 Å². The Kier molecular flexibility index (Phi) is 5.16. The lowest BCUT2D eigenvalue weighted by Gasteiger charge is -2.15. The van der Waals surface area contributed by atoms with Gasteiger partial charge >= 0.3 is 0 Å². The van der Waals surface area contributed by atoms with E-state index in [1.165, 1.54) is 0 Å². The summed E-state index contributed by atoms with van der Waals surface area (Å²) in [4.78, 5) is 11.5. The second kappa shape index (κ2) is 6.40. The van der Waals surface area contributed by atoms with E-state index in [-0.39, 0.29) is 24.6 Å². The molecular weight excluding hydrogens is 228 g/mol. The van der Waals surface area contributed by atoms with Crippen LogP contribution in [0.4, 0.5) is 0 Å². The van der Waals surface area contributed by atoms with E-state index in [2.05, 4.69) is 5.32 Å². The highest BCUT2D eigenvalue weighted by atomic mass is 16.5. The molecule has 1 rings (SSSR count). The first-order valence-electron chi connectivity index (χ1n) is 6.18. The summed E-state index contributed by atoms with van der Waals surface area (Å²) in [7, 11) is 0. The molecule has 0 aliphatic rings. The summed E-state index contributed by atoms with van der Waals surface area (Å²) in [6.07, 6.45) is 0. The standard InChI is InChI=1S/C14H22N2O2/c1-9(2)16-14(17)8-18-13-7-10(3)5-6-12(13)11(4)15/h5-7,9,11H,8,15H2,1-4H3,(H,16,17)/t11-/m0/s1. The van der Waals surface area contributed by atoms with Gasteiger partial charge in [0, 0.05) is 17.6 Å². The quantitative estimate of drug-likeness (QED) is 0.839. The average Bonchev–Trinajstić information content (AvgIpc) is 2.25. The molecule has 3 N–H and O–H groups in total. The summed E-state index contributed by atoms with van der Waals surface area (Å²) in [6, 6.07) is 5.83. The Balaban J connectivity index is 2.71. The molecule has 1 aromatic rings. The van der Waals surface area contributed by atoms with Crippen molar-refractivity contribution in [2.45, 2.75) is 39.8 Å². The van der Waals surface area contributed by atoms with Crippen molar-refractivity contribution in [3.05, 3.63) is 29.3 Å². The predicted molar refractivity (Wildman–Crippen MR) is 72.6 cm³/mol. The van der Waals surface area contributed by atoms with Crippen molar-refractivity contribution >= 4 is 5.91 Å². The largest absolute Gasteiger partial charge is 0.483 e. The molecule has 0 bridgehead atoms. The number of nitrogens with two attached hydrogens (primary N) is 1. The number of aryl methyl sites for hydroxylation is 1. The van der Waals surface area contributed by atoms with Crippen LogP contribution >= 0.6 is 0 Å². The van der Waals surface area contributed by atoms with Crippen LogP contribution in [0.15, 0.2) is 18.2 Å². The monoisotopic (exact) mass is 250 g/mol. The molecule has 100 valence electrons. The fourth-order valence-electron chi connectivity index (χ4n) is 1.65. The molecule has 0 fully saturated rings. The van der Waals surface area contributed by atoms with Crippen molar-refractivity contribution in [3.8, 4) is 5.75 Å². The summed E-state index contributed by atoms with van der Waals surface area (Å²) < 4.78 is 5.55. The molecule has 0 unspecified atom stereocenters. The van der Waals surface area contributed by atoms with Gasteiger partial charge in [0.2, 0.25) is 0 Å². The van der Waals surface area contributed by atoms with Crippen molar-refractivity contribution < 1.29 is 9.53 Å². The maximum Gasteiger partial charge on any atom is 0.258 e. The van der Waals surface area contributed by atoms with Gasteiger partial charge in [0.1, 0.15) is 5.75 Å². The van der Waals surface area contributed by atoms with Crippen LogP contribution < -0.4 is 15.8 Å². The highest BCUT2D eigenvalue weighted by Crippen LogP contribution is 2.24. The zero-order valence-corrected chi connectivity index (χ0v) is 11.5. The van der Waals surface area contributed by atoms with Crippen molar-refractivity contribution in [1.29, 1.82) is 0 Å². The molecule has 0 spiro atoms. The number of ether oxygens (including phenoxy) is 1. The highest BCUT2D eigenvalue weighted by molar-refractivity contribution is 5.77. The molecule has 0 saturated heterocycles. The molecule has 18 heavy (non-hydrogen) atoms. The SMILES string of the molecule is Cc1ccc([C@H](C)N)c(OCC(=O)NC(C)C)c1. The number of rotatable bonds is 5. The summed E-state index contributed by atoms with van der Waals surface area (Å²) >= 11 is 0. The van der Waals surface area contributed by atoms with E-state index < -0.39 is 0 Å². The Morgan fingerprint density at radius 3 is 2.61 bits per heavy atom. The fraction of sp³-hybridized carbons (Fsp3) is 0.500. The van der Waals surface area contributed by atoms with Crippen molar-refractivity contribution in [1.82, 2.24) is 5.32 Å². The van der Waals surface area contributed by atoms with Gasteiger partial charge in [-0.3, -0.25) is 4.79 Å². The second-order valence-corrected chi connectivity index (χ2v) is 4.84. The molecule has 1 aromatic carbocycles. The molecule has 0 aliphatic carbocycles. The van der Waals surface area contributed by atoms with Crippen LogP contribution in [0.3, 0.4) is 0 Å². The van der Waals surface area contributed by atoms with Gasteiger partial charge in [-0.2, -0.15) is 0 Å². The predicted octanol–water partition coefficient (Wildman–Crippen LogP) is 1.92. The number of benzene rings is 1. The zero-order valence-electron chi connectivity index (χ0n) is 11.5. The molecule has 0 heterocycles. The van der Waals surface area contributed by atoms with E-state index >= 15 is 0 Å². The van der Waals surface area contributed by atoms with Crippen molar-refractivity contribution in [2.24, 2.45) is 5.73 Å². The van der Waals surface area contributed by atoms with Crippen LogP contribution in [0, 0.1) is 6.92 Å². The summed E-state index contributed by atoms with van der Waals surface area (Å²) in [5.74, 6) is 0.561. The number of hydrogen-bond acceptors (Lipinski definition) is 3. The van der Waals surface area contributed by atoms with Gasteiger partial charge in [-0.25, -0.2) is 0 Å². The lowest BCUT2D eigenvalue weighted by molar-refractivity contribution is -0.123. The maximum absolute atomic E-state index is 11.5. The van der Waals surface area contributed by atoms with Crippen LogP contribution in [-0.2, 0) is 4.79 Å². The van der Waals surface area contributed by atoms with E-state index in [0.29, 0.717) is 5.75 Å². The van der Waals surface area contributed by atoms with Gasteiger partial charge in [-0.05, 0) is 39.3 Å². The normalized spacial score (nSPS) is 12.3. The molecule has 0 aliphatic heterocycles. The van der Waals surface area contributed by atoms with E-state index in [9.17, 15) is 4.79 Å². The number of amides is 1. The first kappa shape index (κ1) is 14.5. The second-order valence-electron chi connectivity index (χ2n) is 4.84. The van der Waals surface area contributed by atoms with Crippen LogP contribution in [0.2, 0.25) is 0 Å². The van der Waals surface area contributed by atoms with Crippen LogP contribution in [0.25, 0.3) is 0 Å². The van der Waals surface area contributed by atoms with Crippen LogP contribution in [0.5, 0.6) is 5.75 Å². The van der Waals surface area contributed by atoms with Gasteiger partial charge in [0.15, 0.2) is 6.61 Å². The van der Waals surface area contributed by atoms with Crippen molar-refractivity contribution in [3.63, 3.8) is 0 Å². The summed E-state index contributed by atoms with van der Waals surface area (Å²) in [6.45, 7) is 7.72. The number of hydrogen-bond donors (Lipinski definition) is 2. The Morgan fingerprint density at radius 1 is 1.39 bits per heavy atom. The lowest BCUT2D eigenvalue weighted by atomic mass is 10.1. The molecule has 1 atom stereocenters. The Labute approximate surface area is 109 Å². The number of nitrogens with one attached hydrogen (secondary N) is 1. The van der Waals surface area contributed by atoms with Gasteiger partial charge in [-0.15, -0.1) is 0 Å². The van der Waals surface area contributed by atoms with Gasteiger partial charge in [0.05, 0.1) is 0 Å². The smallest absolute Gasteiger partial charge is 0.258 e. The molecule has 0 radical (unpaired) electrons. The third kappa shape index (κ3) is 4.37. The third-order valence-electron chi connectivity index (χ3n) is 2.47. The average molecular weight is 250 g/mol. The topological polar surface area (TPSA) is 64.3 Å². The van der Waals surface area contributed by atoms with Gasteiger partial charge < -0.3 is 15.8 Å². The first-order chi connectivity index (χ1) is 8.40. The fourth-order valence-corrected chi connectivity index (χ4v) is 1.65. The lowest BCUT2D eigenvalue weighted by Crippen LogP contribution is -2.34. The molecule has 0 saturated carbocycles. The van der Waals surface area contributed by atoms with E-state index in [4.69, 9.17) is 10.5 Å². The van der Waals surface area contributed by atoms with Crippen molar-refractivity contribution in [2.75, 3.05) is 6.61 Å². The molecule has 4 heteroatoms. The minimum Gasteiger partial charge on any atom is -0.483 e. The van der Waals surface area contributed by atoms with Gasteiger partial charge in [0.25, 0.3) is 5.91 Å². The summed E-state index contributed by atoms with van der Waals surface area (Å²) in [5, 5.41) is 2.78.